The van der Waals surface area contributed by atoms with E-state index in [1.807, 2.05) is 0 Å². The Morgan fingerprint density at radius 2 is 1.81 bits per heavy atom. The van der Waals surface area contributed by atoms with Crippen molar-refractivity contribution in [2.75, 3.05) is 13.7 Å². The Morgan fingerprint density at radius 3 is 2.27 bits per heavy atom. The van der Waals surface area contributed by atoms with E-state index in [0.717, 1.165) is 14.0 Å². The van der Waals surface area contributed by atoms with E-state index in [1.54, 1.807) is 30.3 Å². The average Bonchev–Trinajstić information content (AvgIpc) is 2.62. The van der Waals surface area contributed by atoms with Gasteiger partial charge in [-0.15, -0.1) is 0 Å². The van der Waals surface area contributed by atoms with Crippen LogP contribution in [0.5, 0.6) is 0 Å². The Labute approximate surface area is 150 Å². The van der Waals surface area contributed by atoms with Crippen LogP contribution >= 0.6 is 0 Å². The molecule has 9 nitrogen and oxygen atoms in total. The number of benzene rings is 1. The van der Waals surface area contributed by atoms with E-state index in [4.69, 9.17) is 5.53 Å². The van der Waals surface area contributed by atoms with Gasteiger partial charge in [-0.1, -0.05) is 30.3 Å². The quantitative estimate of drug-likeness (QED) is 0.227. The molecule has 0 heterocycles. The van der Waals surface area contributed by atoms with Crippen LogP contribution in [0.3, 0.4) is 0 Å². The number of hydrogen-bond donors (Lipinski definition) is 0. The van der Waals surface area contributed by atoms with Gasteiger partial charge < -0.3 is 15.0 Å². The summed E-state index contributed by atoms with van der Waals surface area (Å²) < 4.78 is 9.31. The number of nitrogens with zero attached hydrogens (tertiary/aromatic N) is 3. The molecule has 138 valence electrons. The second-order valence-corrected chi connectivity index (χ2v) is 5.09. The monoisotopic (exact) mass is 361 g/mol. The predicted molar refractivity (Wildman–Crippen MR) is 88.7 cm³/mol. The topological polar surface area (TPSA) is 126 Å². The first-order valence-electron chi connectivity index (χ1n) is 7.72. The summed E-state index contributed by atoms with van der Waals surface area (Å²) in [6.07, 6.45) is -0.0413. The summed E-state index contributed by atoms with van der Waals surface area (Å²) in [6, 6.07) is 7.27. The molecule has 0 N–H and O–H groups in total. The number of methoxy groups -OCH3 is 1. The van der Waals surface area contributed by atoms with Crippen molar-refractivity contribution in [1.82, 2.24) is 4.90 Å². The number of hydrogen-bond acceptors (Lipinski definition) is 6. The number of rotatable bonds is 7. The molecule has 2 amide bonds. The van der Waals surface area contributed by atoms with Crippen molar-refractivity contribution in [3.05, 3.63) is 41.4 Å². The standard InChI is InChI=1S/C17H19N3O6/c1-4-26-17(24)14(19-18)15(22)20(11(2)21)13(16(23)25-3)10-12-8-6-5-7-9-12/h5-9,13H,4,10H2,1-3H3. The Kier molecular flexibility index (Phi) is 7.85. The van der Waals surface area contributed by atoms with E-state index in [2.05, 4.69) is 14.3 Å². The first-order chi connectivity index (χ1) is 12.4. The van der Waals surface area contributed by atoms with Gasteiger partial charge in [-0.3, -0.25) is 14.5 Å². The van der Waals surface area contributed by atoms with Gasteiger partial charge in [0.15, 0.2) is 0 Å². The molecule has 0 fully saturated rings. The van der Waals surface area contributed by atoms with Crippen LogP contribution in [0.15, 0.2) is 30.3 Å². The molecule has 0 saturated carbocycles. The van der Waals surface area contributed by atoms with Gasteiger partial charge in [-0.2, -0.15) is 4.79 Å². The minimum absolute atomic E-state index is 0.0413. The largest absolute Gasteiger partial charge is 0.467 e. The third-order valence-electron chi connectivity index (χ3n) is 3.39. The highest BCUT2D eigenvalue weighted by molar-refractivity contribution is 6.62. The molecule has 0 aliphatic rings. The van der Waals surface area contributed by atoms with Crippen LogP contribution < -0.4 is 0 Å². The average molecular weight is 361 g/mol. The molecule has 1 unspecified atom stereocenters. The highest BCUT2D eigenvalue weighted by atomic mass is 16.5. The van der Waals surface area contributed by atoms with E-state index < -0.39 is 35.5 Å². The molecule has 9 heteroatoms. The molecule has 1 atom stereocenters. The lowest BCUT2D eigenvalue weighted by Crippen LogP contribution is -2.53. The molecule has 0 spiro atoms. The lowest BCUT2D eigenvalue weighted by molar-refractivity contribution is -0.159. The lowest BCUT2D eigenvalue weighted by atomic mass is 10.0. The van der Waals surface area contributed by atoms with Crippen molar-refractivity contribution < 1.29 is 33.4 Å². The lowest BCUT2D eigenvalue weighted by Gasteiger charge is -2.25. The molecule has 26 heavy (non-hydrogen) atoms. The van der Waals surface area contributed by atoms with Crippen molar-refractivity contribution in [2.24, 2.45) is 0 Å². The van der Waals surface area contributed by atoms with Crippen molar-refractivity contribution >= 4 is 29.5 Å². The van der Waals surface area contributed by atoms with Crippen molar-refractivity contribution in [1.29, 1.82) is 0 Å². The third-order valence-corrected chi connectivity index (χ3v) is 3.39. The number of esters is 2. The van der Waals surface area contributed by atoms with Gasteiger partial charge in [-0.25, -0.2) is 9.59 Å². The molecular formula is C17H19N3O6. The highest BCUT2D eigenvalue weighted by Crippen LogP contribution is 2.12. The van der Waals surface area contributed by atoms with Crippen LogP contribution in [0.2, 0.25) is 0 Å². The maximum absolute atomic E-state index is 12.6. The molecule has 0 aromatic heterocycles. The second kappa shape index (κ2) is 9.85. The van der Waals surface area contributed by atoms with E-state index >= 15 is 0 Å². The van der Waals surface area contributed by atoms with Crippen molar-refractivity contribution in [3.63, 3.8) is 0 Å². The van der Waals surface area contributed by atoms with Crippen LogP contribution in [-0.4, -0.2) is 58.9 Å². The highest BCUT2D eigenvalue weighted by Gasteiger charge is 2.43. The maximum atomic E-state index is 12.6. The van der Waals surface area contributed by atoms with Gasteiger partial charge in [0.05, 0.1) is 13.7 Å². The number of carbonyl (C=O) groups excluding carboxylic acids is 4. The number of carbonyl (C=O) groups is 4. The van der Waals surface area contributed by atoms with Crippen molar-refractivity contribution in [2.45, 2.75) is 26.3 Å². The summed E-state index contributed by atoms with van der Waals surface area (Å²) in [5.74, 6) is -4.16. The number of ether oxygens (including phenoxy) is 2. The molecule has 0 aliphatic carbocycles. The smallest absolute Gasteiger partial charge is 0.463 e. The molecule has 0 aliphatic heterocycles. The third kappa shape index (κ3) is 5.09. The van der Waals surface area contributed by atoms with Gasteiger partial charge in [0.2, 0.25) is 5.91 Å². The van der Waals surface area contributed by atoms with Gasteiger partial charge in [0.1, 0.15) is 6.04 Å². The Hall–Kier alpha value is -3.32. The summed E-state index contributed by atoms with van der Waals surface area (Å²) >= 11 is 0. The fraction of sp³-hybridized carbons (Fsp3) is 0.353. The summed E-state index contributed by atoms with van der Waals surface area (Å²) in [5, 5.41) is 0. The zero-order valence-corrected chi connectivity index (χ0v) is 14.7. The molecule has 1 rings (SSSR count). The van der Waals surface area contributed by atoms with Crippen LogP contribution in [0.4, 0.5) is 0 Å². The van der Waals surface area contributed by atoms with E-state index in [-0.39, 0.29) is 13.0 Å². The molecule has 1 aromatic rings. The zero-order valence-electron chi connectivity index (χ0n) is 14.7. The molecule has 0 saturated heterocycles. The second-order valence-electron chi connectivity index (χ2n) is 5.09. The molecular weight excluding hydrogens is 342 g/mol. The van der Waals surface area contributed by atoms with Gasteiger partial charge >= 0.3 is 23.6 Å². The summed E-state index contributed by atoms with van der Waals surface area (Å²) in [7, 11) is 1.11. The van der Waals surface area contributed by atoms with Crippen LogP contribution in [0.1, 0.15) is 19.4 Å². The number of amides is 2. The molecule has 0 radical (unpaired) electrons. The maximum Gasteiger partial charge on any atom is 0.463 e. The van der Waals surface area contributed by atoms with Crippen LogP contribution in [0.25, 0.3) is 5.53 Å². The Bertz CT molecular complexity index is 740. The minimum Gasteiger partial charge on any atom is -0.467 e. The summed E-state index contributed by atoms with van der Waals surface area (Å²) in [6.45, 7) is 2.46. The first-order valence-corrected chi connectivity index (χ1v) is 7.72. The van der Waals surface area contributed by atoms with E-state index in [0.29, 0.717) is 10.5 Å². The normalized spacial score (nSPS) is 10.9. The summed E-state index contributed by atoms with van der Waals surface area (Å²) in [4.78, 5) is 51.7. The van der Waals surface area contributed by atoms with Crippen molar-refractivity contribution in [3.8, 4) is 0 Å². The van der Waals surface area contributed by atoms with E-state index in [9.17, 15) is 19.2 Å². The zero-order chi connectivity index (χ0) is 19.7. The van der Waals surface area contributed by atoms with Crippen LogP contribution in [0, 0.1) is 0 Å². The SMILES string of the molecule is CCOC(=O)C(=[N+]=[N-])C(=O)N(C(C)=O)C(Cc1ccccc1)C(=O)OC. The van der Waals surface area contributed by atoms with E-state index in [1.165, 1.54) is 6.92 Å². The number of imide groups is 1. The van der Waals surface area contributed by atoms with Gasteiger partial charge in [0, 0.05) is 13.3 Å². The fourth-order valence-electron chi connectivity index (χ4n) is 2.24. The molecule has 1 aromatic carbocycles. The fourth-order valence-corrected chi connectivity index (χ4v) is 2.24. The van der Waals surface area contributed by atoms with Gasteiger partial charge in [0.25, 0.3) is 0 Å². The Morgan fingerprint density at radius 1 is 1.19 bits per heavy atom. The van der Waals surface area contributed by atoms with Gasteiger partial charge in [-0.05, 0) is 12.5 Å². The Balaban J connectivity index is 3.29. The predicted octanol–water partition coefficient (Wildman–Crippen LogP) is 0.380. The summed E-state index contributed by atoms with van der Waals surface area (Å²) in [5.41, 5.74) is 8.65. The van der Waals surface area contributed by atoms with Crippen LogP contribution in [-0.2, 0) is 35.1 Å². The first kappa shape index (κ1) is 20.7. The minimum atomic E-state index is -1.35. The molecule has 0 bridgehead atoms.